The Morgan fingerprint density at radius 3 is 2.73 bits per heavy atom. The van der Waals surface area contributed by atoms with E-state index in [4.69, 9.17) is 5.73 Å². The Bertz CT molecular complexity index is 468. The predicted molar refractivity (Wildman–Crippen MR) is 82.1 cm³/mol. The second-order valence-electron chi connectivity index (χ2n) is 5.59. The molecule has 1 aliphatic heterocycles. The van der Waals surface area contributed by atoms with E-state index in [0.717, 1.165) is 31.4 Å². The fraction of sp³-hybridized carbons (Fsp3) is 0.600. The van der Waals surface area contributed by atoms with E-state index >= 15 is 0 Å². The molecule has 126 valence electrons. The highest BCUT2D eigenvalue weighted by Crippen LogP contribution is 2.26. The van der Waals surface area contributed by atoms with Crippen molar-refractivity contribution in [3.05, 3.63) is 29.8 Å². The Balaban J connectivity index is 0.00000242. The van der Waals surface area contributed by atoms with Crippen LogP contribution >= 0.6 is 12.4 Å². The third kappa shape index (κ3) is 5.66. The zero-order valence-electron chi connectivity index (χ0n) is 12.5. The number of nitrogens with two attached hydrogens (primary N) is 1. The monoisotopic (exact) mass is 338 g/mol. The van der Waals surface area contributed by atoms with E-state index in [1.807, 2.05) is 13.0 Å². The zero-order valence-corrected chi connectivity index (χ0v) is 13.3. The van der Waals surface area contributed by atoms with Crippen molar-refractivity contribution in [1.29, 1.82) is 0 Å². The van der Waals surface area contributed by atoms with Crippen molar-refractivity contribution in [2.45, 2.75) is 51.2 Å². The Kier molecular flexibility index (Phi) is 6.97. The molecule has 0 amide bonds. The van der Waals surface area contributed by atoms with Crippen LogP contribution in [0.15, 0.2) is 24.3 Å². The fourth-order valence-corrected chi connectivity index (χ4v) is 2.88. The minimum absolute atomic E-state index is 0. The molecule has 1 aromatic rings. The lowest BCUT2D eigenvalue weighted by Crippen LogP contribution is -2.48. The van der Waals surface area contributed by atoms with Crippen LogP contribution in [-0.2, 0) is 6.54 Å². The average Bonchev–Trinajstić information content (AvgIpc) is 2.37. The summed E-state index contributed by atoms with van der Waals surface area (Å²) in [7, 11) is 0. The molecule has 1 fully saturated rings. The summed E-state index contributed by atoms with van der Waals surface area (Å²) in [6, 6.07) is 6.50. The standard InChI is InChI=1S/C15H21F3N2O.ClH/c1-11(19)14-7-2-3-8-20(14)10-12-5-4-6-13(9-12)21-15(16,17)18;/h4-6,9,11,14H,2-3,7-8,10,19H2,1H3;1H. The molecule has 0 aliphatic carbocycles. The van der Waals surface area contributed by atoms with Crippen LogP contribution in [0.1, 0.15) is 31.7 Å². The van der Waals surface area contributed by atoms with E-state index in [0.29, 0.717) is 6.54 Å². The van der Waals surface area contributed by atoms with Crippen LogP contribution in [0.4, 0.5) is 13.2 Å². The Labute approximate surface area is 135 Å². The van der Waals surface area contributed by atoms with Crippen molar-refractivity contribution in [3.63, 3.8) is 0 Å². The predicted octanol–water partition coefficient (Wildman–Crippen LogP) is 3.71. The second-order valence-corrected chi connectivity index (χ2v) is 5.59. The summed E-state index contributed by atoms with van der Waals surface area (Å²) in [5.41, 5.74) is 6.82. The first-order valence-corrected chi connectivity index (χ1v) is 7.19. The number of alkyl halides is 3. The van der Waals surface area contributed by atoms with Gasteiger partial charge in [0.2, 0.25) is 0 Å². The molecule has 1 saturated heterocycles. The molecule has 1 heterocycles. The van der Waals surface area contributed by atoms with Gasteiger partial charge < -0.3 is 10.5 Å². The van der Waals surface area contributed by atoms with E-state index in [1.54, 1.807) is 6.07 Å². The minimum Gasteiger partial charge on any atom is -0.406 e. The topological polar surface area (TPSA) is 38.5 Å². The van der Waals surface area contributed by atoms with Crippen LogP contribution in [0, 0.1) is 0 Å². The smallest absolute Gasteiger partial charge is 0.406 e. The number of halogens is 4. The van der Waals surface area contributed by atoms with Crippen molar-refractivity contribution < 1.29 is 17.9 Å². The number of benzene rings is 1. The lowest BCUT2D eigenvalue weighted by Gasteiger charge is -2.38. The van der Waals surface area contributed by atoms with Crippen LogP contribution in [-0.4, -0.2) is 29.9 Å². The lowest BCUT2D eigenvalue weighted by molar-refractivity contribution is -0.274. The first-order chi connectivity index (χ1) is 9.85. The number of likely N-dealkylation sites (tertiary alicyclic amines) is 1. The molecule has 2 atom stereocenters. The largest absolute Gasteiger partial charge is 0.573 e. The molecule has 0 radical (unpaired) electrons. The molecule has 2 rings (SSSR count). The number of ether oxygens (including phenoxy) is 1. The number of hydrogen-bond donors (Lipinski definition) is 1. The van der Waals surface area contributed by atoms with Crippen LogP contribution in [0.5, 0.6) is 5.75 Å². The Hall–Kier alpha value is -0.980. The molecule has 0 spiro atoms. The molecule has 2 N–H and O–H groups in total. The summed E-state index contributed by atoms with van der Waals surface area (Å²) in [5, 5.41) is 0. The summed E-state index contributed by atoms with van der Waals surface area (Å²) in [4.78, 5) is 2.25. The molecule has 3 nitrogen and oxygen atoms in total. The van der Waals surface area contributed by atoms with Crippen LogP contribution in [0.2, 0.25) is 0 Å². The van der Waals surface area contributed by atoms with Crippen LogP contribution in [0.3, 0.4) is 0 Å². The van der Waals surface area contributed by atoms with E-state index in [1.165, 1.54) is 12.1 Å². The summed E-state index contributed by atoms with van der Waals surface area (Å²) in [6.45, 7) is 3.50. The van der Waals surface area contributed by atoms with Gasteiger partial charge in [-0.05, 0) is 44.0 Å². The van der Waals surface area contributed by atoms with Gasteiger partial charge in [-0.1, -0.05) is 18.6 Å². The highest BCUT2D eigenvalue weighted by molar-refractivity contribution is 5.85. The maximum Gasteiger partial charge on any atom is 0.573 e. The molecule has 0 aromatic heterocycles. The molecule has 0 bridgehead atoms. The first kappa shape index (κ1) is 19.1. The lowest BCUT2D eigenvalue weighted by atomic mass is 9.96. The molecular weight excluding hydrogens is 317 g/mol. The van der Waals surface area contributed by atoms with E-state index in [9.17, 15) is 13.2 Å². The highest BCUT2D eigenvalue weighted by atomic mass is 35.5. The maximum absolute atomic E-state index is 12.3. The van der Waals surface area contributed by atoms with Crippen LogP contribution in [0.25, 0.3) is 0 Å². The number of rotatable bonds is 4. The van der Waals surface area contributed by atoms with Gasteiger partial charge in [-0.25, -0.2) is 0 Å². The van der Waals surface area contributed by atoms with E-state index in [2.05, 4.69) is 9.64 Å². The van der Waals surface area contributed by atoms with Gasteiger partial charge in [-0.15, -0.1) is 25.6 Å². The summed E-state index contributed by atoms with van der Waals surface area (Å²) in [6.07, 6.45) is -1.36. The molecule has 2 unspecified atom stereocenters. The molecular formula is C15H22ClF3N2O. The third-order valence-electron chi connectivity index (χ3n) is 3.79. The zero-order chi connectivity index (χ0) is 15.5. The molecule has 7 heteroatoms. The van der Waals surface area contributed by atoms with Crippen molar-refractivity contribution in [3.8, 4) is 5.75 Å². The van der Waals surface area contributed by atoms with Crippen molar-refractivity contribution in [1.82, 2.24) is 4.90 Å². The normalized spacial score (nSPS) is 21.0. The van der Waals surface area contributed by atoms with Crippen molar-refractivity contribution >= 4 is 12.4 Å². The number of nitrogens with zero attached hydrogens (tertiary/aromatic N) is 1. The first-order valence-electron chi connectivity index (χ1n) is 7.19. The van der Waals surface area contributed by atoms with Gasteiger partial charge in [0.1, 0.15) is 5.75 Å². The summed E-state index contributed by atoms with van der Waals surface area (Å²) in [5.74, 6) is -0.172. The van der Waals surface area contributed by atoms with Gasteiger partial charge in [0.15, 0.2) is 0 Å². The summed E-state index contributed by atoms with van der Waals surface area (Å²) < 4.78 is 40.7. The van der Waals surface area contributed by atoms with Crippen molar-refractivity contribution in [2.24, 2.45) is 5.73 Å². The maximum atomic E-state index is 12.3. The van der Waals surface area contributed by atoms with E-state index in [-0.39, 0.29) is 30.2 Å². The van der Waals surface area contributed by atoms with Gasteiger partial charge in [0, 0.05) is 18.6 Å². The number of hydrogen-bond acceptors (Lipinski definition) is 3. The number of piperidine rings is 1. The van der Waals surface area contributed by atoms with Crippen LogP contribution < -0.4 is 10.5 Å². The van der Waals surface area contributed by atoms with Gasteiger partial charge in [0.25, 0.3) is 0 Å². The second kappa shape index (κ2) is 8.04. The molecule has 1 aromatic carbocycles. The Morgan fingerprint density at radius 2 is 2.09 bits per heavy atom. The highest BCUT2D eigenvalue weighted by Gasteiger charge is 2.31. The quantitative estimate of drug-likeness (QED) is 0.909. The molecule has 0 saturated carbocycles. The SMILES string of the molecule is CC(N)C1CCCCN1Cc1cccc(OC(F)(F)F)c1.Cl. The third-order valence-corrected chi connectivity index (χ3v) is 3.79. The van der Waals surface area contributed by atoms with Gasteiger partial charge in [-0.2, -0.15) is 0 Å². The van der Waals surface area contributed by atoms with Gasteiger partial charge in [-0.3, -0.25) is 4.90 Å². The van der Waals surface area contributed by atoms with Gasteiger partial charge >= 0.3 is 6.36 Å². The Morgan fingerprint density at radius 1 is 1.36 bits per heavy atom. The molecule has 22 heavy (non-hydrogen) atoms. The van der Waals surface area contributed by atoms with Gasteiger partial charge in [0.05, 0.1) is 0 Å². The van der Waals surface area contributed by atoms with Crippen molar-refractivity contribution in [2.75, 3.05) is 6.54 Å². The van der Waals surface area contributed by atoms with E-state index < -0.39 is 6.36 Å². The molecule has 1 aliphatic rings. The average molecular weight is 339 g/mol. The summed E-state index contributed by atoms with van der Waals surface area (Å²) >= 11 is 0. The fourth-order valence-electron chi connectivity index (χ4n) is 2.88. The minimum atomic E-state index is -4.65.